The average molecular weight is 141 g/mol. The Kier molecular flexibility index (Phi) is 1.13. The molecule has 0 amide bonds. The summed E-state index contributed by atoms with van der Waals surface area (Å²) >= 11 is 0. The third kappa shape index (κ3) is 0.707. The van der Waals surface area contributed by atoms with Crippen LogP contribution in [0.25, 0.3) is 0 Å². The first kappa shape index (κ1) is 6.31. The predicted octanol–water partition coefficient (Wildman–Crippen LogP) is -0.210. The molecule has 3 nitrogen and oxygen atoms in total. The normalized spacial score (nSPS) is 46.1. The van der Waals surface area contributed by atoms with E-state index in [1.54, 1.807) is 0 Å². The number of carbonyl (C=O) groups excluding carboxylic acids is 1. The molecule has 10 heavy (non-hydrogen) atoms. The molecule has 0 aromatic heterocycles. The van der Waals surface area contributed by atoms with Gasteiger partial charge in [-0.05, 0) is 19.3 Å². The molecule has 0 radical (unpaired) electrons. The van der Waals surface area contributed by atoms with Crippen LogP contribution in [0, 0.1) is 0 Å². The van der Waals surface area contributed by atoms with E-state index in [1.165, 1.54) is 0 Å². The van der Waals surface area contributed by atoms with Crippen molar-refractivity contribution in [1.29, 1.82) is 0 Å². The maximum Gasteiger partial charge on any atom is 0.179 e. The van der Waals surface area contributed by atoms with Crippen LogP contribution in [0.5, 0.6) is 0 Å². The maximum atomic E-state index is 11.1. The molecule has 0 aromatic rings. The van der Waals surface area contributed by atoms with Gasteiger partial charge in [-0.2, -0.15) is 0 Å². The first-order valence-corrected chi connectivity index (χ1v) is 3.74. The highest BCUT2D eigenvalue weighted by molar-refractivity contribution is 5.88. The Labute approximate surface area is 59.4 Å². The Morgan fingerprint density at radius 2 is 2.40 bits per heavy atom. The summed E-state index contributed by atoms with van der Waals surface area (Å²) in [6.07, 6.45) is 3.01. The fourth-order valence-electron chi connectivity index (χ4n) is 1.81. The Balaban J connectivity index is 2.25. The molecule has 2 aliphatic heterocycles. The number of hydrogen-bond acceptors (Lipinski definition) is 3. The molecule has 0 saturated carbocycles. The maximum absolute atomic E-state index is 11.1. The van der Waals surface area contributed by atoms with Gasteiger partial charge in [-0.25, -0.2) is 0 Å². The van der Waals surface area contributed by atoms with E-state index < -0.39 is 5.72 Å². The van der Waals surface area contributed by atoms with Gasteiger partial charge >= 0.3 is 0 Å². The molecular weight excluding hydrogens is 130 g/mol. The van der Waals surface area contributed by atoms with Crippen molar-refractivity contribution in [3.05, 3.63) is 0 Å². The van der Waals surface area contributed by atoms with E-state index in [0.29, 0.717) is 18.9 Å². The number of Topliss-reactive ketones (excluding diaryl/α,β-unsaturated/α-hetero) is 1. The summed E-state index contributed by atoms with van der Waals surface area (Å²) < 4.78 is 0. The average Bonchev–Trinajstić information content (AvgIpc) is 2.22. The van der Waals surface area contributed by atoms with Gasteiger partial charge < -0.3 is 5.11 Å². The zero-order valence-corrected chi connectivity index (χ0v) is 5.76. The second kappa shape index (κ2) is 1.80. The fourth-order valence-corrected chi connectivity index (χ4v) is 1.81. The third-order valence-corrected chi connectivity index (χ3v) is 2.48. The molecule has 2 atom stereocenters. The summed E-state index contributed by atoms with van der Waals surface area (Å²) in [5.41, 5.74) is -1.14. The predicted molar refractivity (Wildman–Crippen MR) is 35.3 cm³/mol. The number of carbonyl (C=O) groups is 1. The number of nitrogens with one attached hydrogen (secondary N) is 1. The summed E-state index contributed by atoms with van der Waals surface area (Å²) in [5.74, 6) is -0.0266. The minimum Gasteiger partial charge on any atom is -0.369 e. The lowest BCUT2D eigenvalue weighted by molar-refractivity contribution is -0.141. The van der Waals surface area contributed by atoms with Crippen LogP contribution in [0.3, 0.4) is 0 Å². The van der Waals surface area contributed by atoms with Crippen LogP contribution in [0.2, 0.25) is 0 Å². The molecule has 0 spiro atoms. The number of aliphatic hydroxyl groups is 1. The highest BCUT2D eigenvalue weighted by atomic mass is 16.3. The van der Waals surface area contributed by atoms with Gasteiger partial charge in [0.25, 0.3) is 0 Å². The van der Waals surface area contributed by atoms with E-state index >= 15 is 0 Å². The summed E-state index contributed by atoms with van der Waals surface area (Å²) in [6, 6.07) is 0.391. The molecule has 56 valence electrons. The zero-order chi connectivity index (χ0) is 7.19. The summed E-state index contributed by atoms with van der Waals surface area (Å²) in [7, 11) is 0. The summed E-state index contributed by atoms with van der Waals surface area (Å²) in [5, 5.41) is 12.5. The van der Waals surface area contributed by atoms with Gasteiger partial charge in [-0.1, -0.05) is 0 Å². The van der Waals surface area contributed by atoms with Crippen LogP contribution >= 0.6 is 0 Å². The van der Waals surface area contributed by atoms with E-state index in [4.69, 9.17) is 0 Å². The van der Waals surface area contributed by atoms with Crippen LogP contribution < -0.4 is 5.32 Å². The first-order valence-electron chi connectivity index (χ1n) is 3.74. The lowest BCUT2D eigenvalue weighted by Gasteiger charge is -2.27. The van der Waals surface area contributed by atoms with Gasteiger partial charge in [0.05, 0.1) is 0 Å². The lowest BCUT2D eigenvalue weighted by Crippen LogP contribution is -2.53. The van der Waals surface area contributed by atoms with Crippen LogP contribution in [0.15, 0.2) is 0 Å². The largest absolute Gasteiger partial charge is 0.369 e. The van der Waals surface area contributed by atoms with Crippen LogP contribution in [0.1, 0.15) is 25.7 Å². The molecule has 0 aromatic carbocycles. The van der Waals surface area contributed by atoms with Gasteiger partial charge in [0.1, 0.15) is 0 Å². The molecule has 2 fully saturated rings. The van der Waals surface area contributed by atoms with E-state index in [2.05, 4.69) is 5.32 Å². The fraction of sp³-hybridized carbons (Fsp3) is 0.857. The second-order valence-electron chi connectivity index (χ2n) is 3.20. The lowest BCUT2D eigenvalue weighted by atomic mass is 10.0. The van der Waals surface area contributed by atoms with Gasteiger partial charge in [0.15, 0.2) is 11.5 Å². The smallest absolute Gasteiger partial charge is 0.179 e. The molecule has 2 rings (SSSR count). The summed E-state index contributed by atoms with van der Waals surface area (Å²) in [4.78, 5) is 11.1. The van der Waals surface area contributed by atoms with E-state index in [0.717, 1.165) is 12.8 Å². The Morgan fingerprint density at radius 1 is 1.60 bits per heavy atom. The molecule has 0 aliphatic carbocycles. The minimum absolute atomic E-state index is 0.0266. The van der Waals surface area contributed by atoms with Gasteiger partial charge in [0.2, 0.25) is 0 Å². The topological polar surface area (TPSA) is 49.3 Å². The number of rotatable bonds is 0. The van der Waals surface area contributed by atoms with Crippen molar-refractivity contribution < 1.29 is 9.90 Å². The zero-order valence-electron chi connectivity index (χ0n) is 5.76. The van der Waals surface area contributed by atoms with Crippen LogP contribution in [-0.2, 0) is 4.79 Å². The van der Waals surface area contributed by atoms with Crippen LogP contribution in [-0.4, -0.2) is 22.7 Å². The third-order valence-electron chi connectivity index (χ3n) is 2.48. The van der Waals surface area contributed by atoms with Crippen molar-refractivity contribution >= 4 is 5.78 Å². The SMILES string of the molecule is O=C1CCC2CCC1(O)N2. The monoisotopic (exact) mass is 141 g/mol. The van der Waals surface area contributed by atoms with Gasteiger partial charge in [-0.15, -0.1) is 0 Å². The number of ketones is 1. The van der Waals surface area contributed by atoms with Crippen molar-refractivity contribution in [3.8, 4) is 0 Å². The molecule has 2 N–H and O–H groups in total. The van der Waals surface area contributed by atoms with Gasteiger partial charge in [0, 0.05) is 12.5 Å². The van der Waals surface area contributed by atoms with Crippen molar-refractivity contribution in [3.63, 3.8) is 0 Å². The highest BCUT2D eigenvalue weighted by Crippen LogP contribution is 2.30. The minimum atomic E-state index is -1.14. The Morgan fingerprint density at radius 3 is 3.10 bits per heavy atom. The van der Waals surface area contributed by atoms with Crippen molar-refractivity contribution in [1.82, 2.24) is 5.32 Å². The van der Waals surface area contributed by atoms with Gasteiger partial charge in [-0.3, -0.25) is 10.1 Å². The molecule has 2 aliphatic rings. The Hall–Kier alpha value is -0.410. The molecule has 2 saturated heterocycles. The summed E-state index contributed by atoms with van der Waals surface area (Å²) in [6.45, 7) is 0. The molecule has 2 heterocycles. The van der Waals surface area contributed by atoms with Crippen molar-refractivity contribution in [2.24, 2.45) is 0 Å². The van der Waals surface area contributed by atoms with Crippen LogP contribution in [0.4, 0.5) is 0 Å². The van der Waals surface area contributed by atoms with Crippen molar-refractivity contribution in [2.75, 3.05) is 0 Å². The molecule has 2 bridgehead atoms. The second-order valence-corrected chi connectivity index (χ2v) is 3.20. The Bertz CT molecular complexity index is 180. The molecule has 3 heteroatoms. The quantitative estimate of drug-likeness (QED) is 0.490. The highest BCUT2D eigenvalue weighted by Gasteiger charge is 2.45. The molecule has 2 unspecified atom stereocenters. The van der Waals surface area contributed by atoms with E-state index in [1.807, 2.05) is 0 Å². The van der Waals surface area contributed by atoms with E-state index in [-0.39, 0.29) is 5.78 Å². The number of hydrogen-bond donors (Lipinski definition) is 2. The molecular formula is C7H11NO2. The van der Waals surface area contributed by atoms with E-state index in [9.17, 15) is 9.90 Å². The first-order chi connectivity index (χ1) is 4.71. The standard InChI is InChI=1S/C7H11NO2/c9-6-2-1-5-3-4-7(6,10)8-5/h5,8,10H,1-4H2. The van der Waals surface area contributed by atoms with Crippen molar-refractivity contribution in [2.45, 2.75) is 37.5 Å². The number of piperidine rings is 1. The number of fused-ring (bicyclic) bond motifs is 2.